The van der Waals surface area contributed by atoms with Gasteiger partial charge in [-0.1, -0.05) is 13.8 Å². The predicted octanol–water partition coefficient (Wildman–Crippen LogP) is 1.11. The largest absolute Gasteiger partial charge is 0.525 e. The number of carbonyl (C=O) groups excluding carboxylic acids is 1. The second kappa shape index (κ2) is 8.25. The molecule has 0 unspecified atom stereocenters. The van der Waals surface area contributed by atoms with Crippen LogP contribution in [-0.4, -0.2) is 28.9 Å². The lowest BCUT2D eigenvalue weighted by atomic mass is 10.2. The molecule has 0 heterocycles. The number of rotatable bonds is 7. The molecule has 0 fully saturated rings. The molecular formula is C9H20O3Si. The maximum atomic E-state index is 11.0. The topological polar surface area (TPSA) is 35.5 Å². The van der Waals surface area contributed by atoms with Gasteiger partial charge in [0, 0.05) is 19.1 Å². The van der Waals surface area contributed by atoms with Crippen LogP contribution in [0.4, 0.5) is 0 Å². The minimum atomic E-state index is -0.636. The van der Waals surface area contributed by atoms with Crippen molar-refractivity contribution in [1.82, 2.24) is 0 Å². The van der Waals surface area contributed by atoms with E-state index in [1.165, 1.54) is 0 Å². The molecule has 0 aliphatic rings. The van der Waals surface area contributed by atoms with Gasteiger partial charge in [-0.15, -0.1) is 0 Å². The minimum Gasteiger partial charge on any atom is -0.525 e. The summed E-state index contributed by atoms with van der Waals surface area (Å²) in [5.41, 5.74) is 0. The third-order valence-electron chi connectivity index (χ3n) is 1.60. The highest BCUT2D eigenvalue weighted by molar-refractivity contribution is 6.30. The Morgan fingerprint density at radius 3 is 2.69 bits per heavy atom. The van der Waals surface area contributed by atoms with Gasteiger partial charge in [0.15, 0.2) is 0 Å². The van der Waals surface area contributed by atoms with E-state index in [1.807, 2.05) is 20.8 Å². The summed E-state index contributed by atoms with van der Waals surface area (Å²) in [5, 5.41) is 0. The number of hydrogen-bond donors (Lipinski definition) is 0. The molecule has 0 radical (unpaired) electrons. The van der Waals surface area contributed by atoms with E-state index < -0.39 is 9.76 Å². The van der Waals surface area contributed by atoms with Crippen molar-refractivity contribution in [3.8, 4) is 0 Å². The molecule has 3 nitrogen and oxygen atoms in total. The Hall–Kier alpha value is -0.353. The van der Waals surface area contributed by atoms with Gasteiger partial charge in [0.1, 0.15) is 0 Å². The van der Waals surface area contributed by atoms with Crippen LogP contribution in [0.3, 0.4) is 0 Å². The molecule has 13 heavy (non-hydrogen) atoms. The molecule has 0 saturated heterocycles. The van der Waals surface area contributed by atoms with Crippen LogP contribution in [0.2, 0.25) is 6.04 Å². The molecule has 0 aliphatic carbocycles. The van der Waals surface area contributed by atoms with E-state index in [9.17, 15) is 4.79 Å². The zero-order chi connectivity index (χ0) is 10.1. The smallest absolute Gasteiger partial charge is 0.294 e. The van der Waals surface area contributed by atoms with Gasteiger partial charge in [-0.05, 0) is 19.4 Å². The number of hydrogen-bond acceptors (Lipinski definition) is 3. The zero-order valence-electron chi connectivity index (χ0n) is 8.84. The maximum absolute atomic E-state index is 11.0. The van der Waals surface area contributed by atoms with E-state index in [1.54, 1.807) is 0 Å². The Balaban J connectivity index is 3.12. The average molecular weight is 204 g/mol. The van der Waals surface area contributed by atoms with Gasteiger partial charge in [-0.25, -0.2) is 0 Å². The molecule has 78 valence electrons. The van der Waals surface area contributed by atoms with Gasteiger partial charge in [-0.2, -0.15) is 0 Å². The van der Waals surface area contributed by atoms with Crippen molar-refractivity contribution in [2.45, 2.75) is 33.2 Å². The monoisotopic (exact) mass is 204 g/mol. The molecule has 0 amide bonds. The van der Waals surface area contributed by atoms with Crippen LogP contribution in [-0.2, 0) is 14.0 Å². The van der Waals surface area contributed by atoms with Crippen molar-refractivity contribution in [3.05, 3.63) is 0 Å². The second-order valence-electron chi connectivity index (χ2n) is 3.23. The molecule has 0 rings (SSSR count). The molecule has 0 bridgehead atoms. The summed E-state index contributed by atoms with van der Waals surface area (Å²) < 4.78 is 10.3. The highest BCUT2D eigenvalue weighted by atomic mass is 28.2. The van der Waals surface area contributed by atoms with Crippen LogP contribution < -0.4 is 0 Å². The number of ether oxygens (including phenoxy) is 1. The van der Waals surface area contributed by atoms with Gasteiger partial charge >= 0.3 is 0 Å². The molecule has 0 saturated carbocycles. The Morgan fingerprint density at radius 2 is 2.15 bits per heavy atom. The van der Waals surface area contributed by atoms with Crippen LogP contribution in [0.25, 0.3) is 0 Å². The molecule has 0 atom stereocenters. The SMILES string of the molecule is CCOCCC[SiH2]OC(=O)C(C)C. The summed E-state index contributed by atoms with van der Waals surface area (Å²) >= 11 is 0. The Labute approximate surface area is 82.7 Å². The summed E-state index contributed by atoms with van der Waals surface area (Å²) in [5.74, 6) is -0.0394. The summed E-state index contributed by atoms with van der Waals surface area (Å²) in [4.78, 5) is 11.0. The summed E-state index contributed by atoms with van der Waals surface area (Å²) in [6.45, 7) is 7.26. The fourth-order valence-electron chi connectivity index (χ4n) is 0.790. The first kappa shape index (κ1) is 12.6. The molecule has 0 spiro atoms. The Morgan fingerprint density at radius 1 is 1.46 bits per heavy atom. The van der Waals surface area contributed by atoms with E-state index >= 15 is 0 Å². The lowest BCUT2D eigenvalue weighted by Gasteiger charge is -2.06. The van der Waals surface area contributed by atoms with Crippen molar-refractivity contribution >= 4 is 15.7 Å². The first-order valence-corrected chi connectivity index (χ1v) is 6.50. The van der Waals surface area contributed by atoms with E-state index in [0.29, 0.717) is 0 Å². The number of carbonyl (C=O) groups is 1. The van der Waals surface area contributed by atoms with Crippen molar-refractivity contribution in [3.63, 3.8) is 0 Å². The first-order valence-electron chi connectivity index (χ1n) is 4.92. The molecular weight excluding hydrogens is 184 g/mol. The lowest BCUT2D eigenvalue weighted by Crippen LogP contribution is -2.14. The zero-order valence-corrected chi connectivity index (χ0v) is 10.3. The minimum absolute atomic E-state index is 0.0133. The molecule has 0 aromatic rings. The quantitative estimate of drug-likeness (QED) is 0.460. The maximum Gasteiger partial charge on any atom is 0.294 e. The predicted molar refractivity (Wildman–Crippen MR) is 55.4 cm³/mol. The standard InChI is InChI=1S/C9H20O3Si/c1-4-11-6-5-7-13-12-9(10)8(2)3/h8H,4-7,13H2,1-3H3. The summed E-state index contributed by atoms with van der Waals surface area (Å²) in [6.07, 6.45) is 1.02. The van der Waals surface area contributed by atoms with Gasteiger partial charge < -0.3 is 9.16 Å². The van der Waals surface area contributed by atoms with Gasteiger partial charge in [0.25, 0.3) is 5.97 Å². The van der Waals surface area contributed by atoms with Crippen molar-refractivity contribution < 1.29 is 14.0 Å². The highest BCUT2D eigenvalue weighted by Gasteiger charge is 2.06. The third-order valence-corrected chi connectivity index (χ3v) is 2.88. The summed E-state index contributed by atoms with van der Waals surface area (Å²) in [7, 11) is -0.636. The normalized spacial score (nSPS) is 11.4. The van der Waals surface area contributed by atoms with Crippen molar-refractivity contribution in [2.75, 3.05) is 13.2 Å². The van der Waals surface area contributed by atoms with Crippen LogP contribution in [0.5, 0.6) is 0 Å². The Kier molecular flexibility index (Phi) is 8.03. The lowest BCUT2D eigenvalue weighted by molar-refractivity contribution is -0.137. The van der Waals surface area contributed by atoms with Crippen molar-refractivity contribution in [2.24, 2.45) is 5.92 Å². The van der Waals surface area contributed by atoms with Crippen LogP contribution in [0.15, 0.2) is 0 Å². The molecule has 4 heteroatoms. The van der Waals surface area contributed by atoms with Crippen LogP contribution in [0, 0.1) is 5.92 Å². The van der Waals surface area contributed by atoms with Gasteiger partial charge in [-0.3, -0.25) is 4.79 Å². The second-order valence-corrected chi connectivity index (χ2v) is 4.63. The van der Waals surface area contributed by atoms with E-state index in [-0.39, 0.29) is 11.9 Å². The van der Waals surface area contributed by atoms with Gasteiger partial charge in [0.05, 0.1) is 0 Å². The van der Waals surface area contributed by atoms with Gasteiger partial charge in [0.2, 0.25) is 9.76 Å². The molecule has 0 aromatic heterocycles. The van der Waals surface area contributed by atoms with Crippen molar-refractivity contribution in [1.29, 1.82) is 0 Å². The molecule has 0 aromatic carbocycles. The highest BCUT2D eigenvalue weighted by Crippen LogP contribution is 1.97. The fraction of sp³-hybridized carbons (Fsp3) is 0.889. The molecule has 0 N–H and O–H groups in total. The fourth-order valence-corrected chi connectivity index (χ4v) is 1.88. The third kappa shape index (κ3) is 7.99. The summed E-state index contributed by atoms with van der Waals surface area (Å²) in [6, 6.07) is 1.03. The average Bonchev–Trinajstić information content (AvgIpc) is 2.10. The van der Waals surface area contributed by atoms with E-state index in [4.69, 9.17) is 9.16 Å². The first-order chi connectivity index (χ1) is 6.18. The van der Waals surface area contributed by atoms with E-state index in [2.05, 4.69) is 0 Å². The van der Waals surface area contributed by atoms with Crippen LogP contribution >= 0.6 is 0 Å². The van der Waals surface area contributed by atoms with E-state index in [0.717, 1.165) is 25.7 Å². The van der Waals surface area contributed by atoms with Crippen LogP contribution in [0.1, 0.15) is 27.2 Å². The molecule has 0 aliphatic heterocycles. The Bertz CT molecular complexity index is 137.